The number of nitrogens with one attached hydrogen (secondary N) is 3. The molecular formula is C25H33N3O5. The average molecular weight is 456 g/mol. The van der Waals surface area contributed by atoms with Gasteiger partial charge in [-0.15, -0.1) is 0 Å². The molecule has 0 radical (unpaired) electrons. The topological polar surface area (TPSA) is 109 Å². The average Bonchev–Trinajstić information content (AvgIpc) is 2.80. The second kappa shape index (κ2) is 12.2. The van der Waals surface area contributed by atoms with E-state index < -0.39 is 6.10 Å². The Morgan fingerprint density at radius 1 is 1.06 bits per heavy atom. The third-order valence-electron chi connectivity index (χ3n) is 5.34. The number of para-hydroxylation sites is 1. The molecule has 0 unspecified atom stereocenters. The zero-order chi connectivity index (χ0) is 23.6. The molecule has 1 aliphatic rings. The normalized spacial score (nSPS) is 20.2. The van der Waals surface area contributed by atoms with Gasteiger partial charge in [0.05, 0.1) is 25.2 Å². The third-order valence-corrected chi connectivity index (χ3v) is 5.34. The fourth-order valence-corrected chi connectivity index (χ4v) is 3.70. The molecule has 3 atom stereocenters. The van der Waals surface area contributed by atoms with Gasteiger partial charge in [-0.3, -0.25) is 4.79 Å². The quantitative estimate of drug-likeness (QED) is 0.465. The van der Waals surface area contributed by atoms with Gasteiger partial charge in [-0.1, -0.05) is 30.3 Å². The molecule has 1 aliphatic heterocycles. The minimum absolute atomic E-state index is 0.0196. The summed E-state index contributed by atoms with van der Waals surface area (Å²) < 4.78 is 11.7. The van der Waals surface area contributed by atoms with Crippen LogP contribution in [-0.2, 0) is 16.1 Å². The highest BCUT2D eigenvalue weighted by Crippen LogP contribution is 2.23. The van der Waals surface area contributed by atoms with E-state index in [9.17, 15) is 14.7 Å². The molecule has 3 rings (SSSR count). The smallest absolute Gasteiger partial charge is 0.315 e. The predicted molar refractivity (Wildman–Crippen MR) is 125 cm³/mol. The van der Waals surface area contributed by atoms with Crippen molar-refractivity contribution in [2.75, 3.05) is 6.61 Å². The van der Waals surface area contributed by atoms with Crippen LogP contribution in [0.15, 0.2) is 54.6 Å². The number of aliphatic hydroxyl groups is 1. The lowest BCUT2D eigenvalue weighted by Crippen LogP contribution is -2.54. The van der Waals surface area contributed by atoms with E-state index in [-0.39, 0.29) is 43.2 Å². The molecule has 2 aromatic carbocycles. The predicted octanol–water partition coefficient (Wildman–Crippen LogP) is 3.10. The summed E-state index contributed by atoms with van der Waals surface area (Å²) in [5, 5.41) is 18.2. The molecule has 33 heavy (non-hydrogen) atoms. The molecule has 0 saturated carbocycles. The van der Waals surface area contributed by atoms with Gasteiger partial charge in [0.1, 0.15) is 17.6 Å². The molecule has 8 heteroatoms. The number of carbonyl (C=O) groups is 2. The van der Waals surface area contributed by atoms with Crippen molar-refractivity contribution in [1.82, 2.24) is 16.0 Å². The first-order valence-electron chi connectivity index (χ1n) is 11.3. The molecule has 0 spiro atoms. The molecule has 4 N–H and O–H groups in total. The standard InChI is InChI=1S/C25H33N3O5/c1-17(2)27-25(31)28-22-13-12-21(33-23(22)16-29)14-24(30)26-15-18-8-10-20(11-9-18)32-19-6-4-3-5-7-19/h3-11,17,21-23,29H,12-16H2,1-2H3,(H,26,30)(H2,27,28,31)/t21-,22-,23+/m0/s1. The molecule has 2 aromatic rings. The van der Waals surface area contributed by atoms with Gasteiger partial charge in [-0.05, 0) is 56.5 Å². The van der Waals surface area contributed by atoms with Crippen LogP contribution >= 0.6 is 0 Å². The summed E-state index contributed by atoms with van der Waals surface area (Å²) >= 11 is 0. The van der Waals surface area contributed by atoms with Crippen LogP contribution in [0.3, 0.4) is 0 Å². The lowest BCUT2D eigenvalue weighted by atomic mass is 9.97. The van der Waals surface area contributed by atoms with Crippen LogP contribution in [0.4, 0.5) is 4.79 Å². The zero-order valence-corrected chi connectivity index (χ0v) is 19.1. The minimum Gasteiger partial charge on any atom is -0.457 e. The first-order chi connectivity index (χ1) is 15.9. The van der Waals surface area contributed by atoms with Crippen molar-refractivity contribution in [1.29, 1.82) is 0 Å². The zero-order valence-electron chi connectivity index (χ0n) is 19.1. The fourth-order valence-electron chi connectivity index (χ4n) is 3.70. The van der Waals surface area contributed by atoms with Crippen molar-refractivity contribution in [3.05, 3.63) is 60.2 Å². The van der Waals surface area contributed by atoms with Gasteiger partial charge in [0, 0.05) is 12.6 Å². The number of amides is 3. The number of hydrogen-bond donors (Lipinski definition) is 4. The number of aliphatic hydroxyl groups excluding tert-OH is 1. The van der Waals surface area contributed by atoms with Crippen molar-refractivity contribution >= 4 is 11.9 Å². The Bertz CT molecular complexity index is 889. The summed E-state index contributed by atoms with van der Waals surface area (Å²) in [4.78, 5) is 24.4. The molecule has 1 saturated heterocycles. The van der Waals surface area contributed by atoms with Crippen molar-refractivity contribution in [3.63, 3.8) is 0 Å². The Morgan fingerprint density at radius 2 is 1.76 bits per heavy atom. The van der Waals surface area contributed by atoms with Gasteiger partial charge < -0.3 is 30.5 Å². The van der Waals surface area contributed by atoms with Crippen LogP contribution in [0.25, 0.3) is 0 Å². The van der Waals surface area contributed by atoms with Crippen molar-refractivity contribution in [2.24, 2.45) is 0 Å². The van der Waals surface area contributed by atoms with Crippen LogP contribution < -0.4 is 20.7 Å². The summed E-state index contributed by atoms with van der Waals surface area (Å²) in [5.74, 6) is 1.38. The summed E-state index contributed by atoms with van der Waals surface area (Å²) in [6.07, 6.45) is 0.637. The van der Waals surface area contributed by atoms with Gasteiger partial charge >= 0.3 is 6.03 Å². The molecule has 3 amide bonds. The number of ether oxygens (including phenoxy) is 2. The lowest BCUT2D eigenvalue weighted by Gasteiger charge is -2.36. The van der Waals surface area contributed by atoms with E-state index in [1.54, 1.807) is 0 Å². The highest BCUT2D eigenvalue weighted by atomic mass is 16.5. The van der Waals surface area contributed by atoms with E-state index in [0.717, 1.165) is 17.1 Å². The second-order valence-corrected chi connectivity index (χ2v) is 8.48. The van der Waals surface area contributed by atoms with Gasteiger partial charge in [-0.2, -0.15) is 0 Å². The molecule has 8 nitrogen and oxygen atoms in total. The monoisotopic (exact) mass is 455 g/mol. The van der Waals surface area contributed by atoms with E-state index >= 15 is 0 Å². The maximum atomic E-state index is 12.4. The molecule has 0 aliphatic carbocycles. The van der Waals surface area contributed by atoms with E-state index in [1.807, 2.05) is 68.4 Å². The summed E-state index contributed by atoms with van der Waals surface area (Å²) in [5.41, 5.74) is 0.960. The molecule has 1 fully saturated rings. The summed E-state index contributed by atoms with van der Waals surface area (Å²) in [6, 6.07) is 16.6. The first kappa shape index (κ1) is 24.5. The molecule has 0 aromatic heterocycles. The molecule has 1 heterocycles. The summed E-state index contributed by atoms with van der Waals surface area (Å²) in [6.45, 7) is 3.94. The van der Waals surface area contributed by atoms with Gasteiger partial charge in [-0.25, -0.2) is 4.79 Å². The SMILES string of the molecule is CC(C)NC(=O)N[C@H]1CC[C@@H](CC(=O)NCc2ccc(Oc3ccccc3)cc2)O[C@@H]1CO. The van der Waals surface area contributed by atoms with Crippen LogP contribution in [0.2, 0.25) is 0 Å². The van der Waals surface area contributed by atoms with E-state index in [1.165, 1.54) is 0 Å². The maximum Gasteiger partial charge on any atom is 0.315 e. The van der Waals surface area contributed by atoms with Crippen LogP contribution in [-0.4, -0.2) is 47.9 Å². The van der Waals surface area contributed by atoms with Crippen LogP contribution in [0, 0.1) is 0 Å². The maximum absolute atomic E-state index is 12.4. The van der Waals surface area contributed by atoms with Crippen LogP contribution in [0.1, 0.15) is 38.7 Å². The molecule has 178 valence electrons. The number of benzene rings is 2. The van der Waals surface area contributed by atoms with Crippen LogP contribution in [0.5, 0.6) is 11.5 Å². The van der Waals surface area contributed by atoms with Crippen molar-refractivity contribution in [2.45, 2.75) is 63.9 Å². The minimum atomic E-state index is -0.536. The Labute approximate surface area is 194 Å². The Kier molecular flexibility index (Phi) is 9.09. The number of carbonyl (C=O) groups excluding carboxylic acids is 2. The van der Waals surface area contributed by atoms with Crippen molar-refractivity contribution < 1.29 is 24.2 Å². The van der Waals surface area contributed by atoms with Gasteiger partial charge in [0.2, 0.25) is 5.91 Å². The number of rotatable bonds is 9. The molecule has 0 bridgehead atoms. The number of urea groups is 1. The number of hydrogen-bond acceptors (Lipinski definition) is 5. The second-order valence-electron chi connectivity index (χ2n) is 8.48. The fraction of sp³-hybridized carbons (Fsp3) is 0.440. The molecular weight excluding hydrogens is 422 g/mol. The third kappa shape index (κ3) is 8.07. The largest absolute Gasteiger partial charge is 0.457 e. The Morgan fingerprint density at radius 3 is 2.42 bits per heavy atom. The van der Waals surface area contributed by atoms with Gasteiger partial charge in [0.25, 0.3) is 0 Å². The first-order valence-corrected chi connectivity index (χ1v) is 11.3. The highest BCUT2D eigenvalue weighted by Gasteiger charge is 2.32. The van der Waals surface area contributed by atoms with E-state index in [4.69, 9.17) is 9.47 Å². The van der Waals surface area contributed by atoms with Crippen molar-refractivity contribution in [3.8, 4) is 11.5 Å². The highest BCUT2D eigenvalue weighted by molar-refractivity contribution is 5.76. The van der Waals surface area contributed by atoms with E-state index in [2.05, 4.69) is 16.0 Å². The summed E-state index contributed by atoms with van der Waals surface area (Å²) in [7, 11) is 0. The Balaban J connectivity index is 1.41. The van der Waals surface area contributed by atoms with Gasteiger partial charge in [0.15, 0.2) is 0 Å². The lowest BCUT2D eigenvalue weighted by molar-refractivity contribution is -0.130. The Hall–Kier alpha value is -3.10. The van der Waals surface area contributed by atoms with E-state index in [0.29, 0.717) is 19.4 Å².